The monoisotopic (exact) mass is 306 g/mol. The van der Waals surface area contributed by atoms with Crippen LogP contribution in [0.3, 0.4) is 0 Å². The van der Waals surface area contributed by atoms with E-state index in [1.807, 2.05) is 20.8 Å². The number of nitrogens with zero attached hydrogens (tertiary/aromatic N) is 2. The second kappa shape index (κ2) is 6.77. The molecule has 120 valence electrons. The molecular formula is C16H22N2O4. The number of likely N-dealkylation sites (tertiary alicyclic amines) is 1. The van der Waals surface area contributed by atoms with E-state index in [9.17, 15) is 9.59 Å². The lowest BCUT2D eigenvalue weighted by Gasteiger charge is -2.17. The molecule has 2 heterocycles. The fraction of sp³-hybridized carbons (Fsp3) is 0.562. The molecule has 0 spiro atoms. The van der Waals surface area contributed by atoms with Crippen molar-refractivity contribution in [1.82, 2.24) is 9.88 Å². The lowest BCUT2D eigenvalue weighted by molar-refractivity contribution is -0.142. The van der Waals surface area contributed by atoms with Gasteiger partial charge in [-0.1, -0.05) is 13.8 Å². The third kappa shape index (κ3) is 3.55. The molecule has 6 nitrogen and oxygen atoms in total. The predicted octanol–water partition coefficient (Wildman–Crippen LogP) is 2.05. The second-order valence-corrected chi connectivity index (χ2v) is 5.85. The quantitative estimate of drug-likeness (QED) is 0.900. The van der Waals surface area contributed by atoms with Crippen molar-refractivity contribution < 1.29 is 19.4 Å². The first kappa shape index (κ1) is 16.3. The molecule has 1 aliphatic rings. The van der Waals surface area contributed by atoms with Gasteiger partial charge < -0.3 is 14.7 Å². The van der Waals surface area contributed by atoms with Crippen molar-refractivity contribution in [3.8, 4) is 5.88 Å². The number of aliphatic carboxylic acids is 1. The normalized spacial score (nSPS) is 22.4. The maximum Gasteiger partial charge on any atom is 0.308 e. The molecule has 1 aromatic rings. The SMILES string of the molecule is CCC(C)Oc1cc(C(=O)N2C[C@@H](C)[C@H](C(=O)O)C2)ccn1. The lowest BCUT2D eigenvalue weighted by Crippen LogP contribution is -2.30. The van der Waals surface area contributed by atoms with E-state index in [0.717, 1.165) is 6.42 Å². The average Bonchev–Trinajstić information content (AvgIpc) is 2.88. The average molecular weight is 306 g/mol. The Hall–Kier alpha value is -2.11. The van der Waals surface area contributed by atoms with Gasteiger partial charge in [0, 0.05) is 30.9 Å². The van der Waals surface area contributed by atoms with Gasteiger partial charge in [-0.05, 0) is 25.3 Å². The van der Waals surface area contributed by atoms with Gasteiger partial charge in [0.25, 0.3) is 5.91 Å². The van der Waals surface area contributed by atoms with Crippen molar-refractivity contribution in [3.63, 3.8) is 0 Å². The third-order valence-electron chi connectivity index (χ3n) is 4.10. The van der Waals surface area contributed by atoms with Crippen LogP contribution in [0.5, 0.6) is 5.88 Å². The summed E-state index contributed by atoms with van der Waals surface area (Å²) in [6.45, 7) is 6.52. The summed E-state index contributed by atoms with van der Waals surface area (Å²) in [7, 11) is 0. The van der Waals surface area contributed by atoms with Crippen LogP contribution in [0, 0.1) is 11.8 Å². The van der Waals surface area contributed by atoms with E-state index in [0.29, 0.717) is 18.0 Å². The summed E-state index contributed by atoms with van der Waals surface area (Å²) < 4.78 is 5.62. The third-order valence-corrected chi connectivity index (χ3v) is 4.10. The molecule has 0 bridgehead atoms. The summed E-state index contributed by atoms with van der Waals surface area (Å²) in [5.74, 6) is -1.15. The van der Waals surface area contributed by atoms with Crippen molar-refractivity contribution in [2.45, 2.75) is 33.3 Å². The van der Waals surface area contributed by atoms with Crippen molar-refractivity contribution in [2.75, 3.05) is 13.1 Å². The van der Waals surface area contributed by atoms with Gasteiger partial charge in [0.05, 0.1) is 12.0 Å². The number of hydrogen-bond donors (Lipinski definition) is 1. The Kier molecular flexibility index (Phi) is 5.00. The number of aromatic nitrogens is 1. The van der Waals surface area contributed by atoms with Gasteiger partial charge in [-0.2, -0.15) is 0 Å². The molecule has 1 fully saturated rings. The highest BCUT2D eigenvalue weighted by Crippen LogP contribution is 2.25. The summed E-state index contributed by atoms with van der Waals surface area (Å²) in [4.78, 5) is 29.4. The number of ether oxygens (including phenoxy) is 1. The van der Waals surface area contributed by atoms with Gasteiger partial charge in [0.1, 0.15) is 0 Å². The number of carbonyl (C=O) groups is 2. The predicted molar refractivity (Wildman–Crippen MR) is 80.8 cm³/mol. The van der Waals surface area contributed by atoms with Crippen LogP contribution in [0.1, 0.15) is 37.6 Å². The van der Waals surface area contributed by atoms with Gasteiger partial charge >= 0.3 is 5.97 Å². The van der Waals surface area contributed by atoms with Gasteiger partial charge in [0.2, 0.25) is 5.88 Å². The largest absolute Gasteiger partial charge is 0.481 e. The van der Waals surface area contributed by atoms with Crippen molar-refractivity contribution in [3.05, 3.63) is 23.9 Å². The molecule has 1 amide bonds. The van der Waals surface area contributed by atoms with Gasteiger partial charge in [-0.3, -0.25) is 9.59 Å². The number of amides is 1. The molecule has 3 atom stereocenters. The Morgan fingerprint density at radius 2 is 2.23 bits per heavy atom. The Bertz CT molecular complexity index is 561. The molecule has 22 heavy (non-hydrogen) atoms. The van der Waals surface area contributed by atoms with Crippen molar-refractivity contribution >= 4 is 11.9 Å². The summed E-state index contributed by atoms with van der Waals surface area (Å²) >= 11 is 0. The first-order valence-electron chi connectivity index (χ1n) is 7.57. The van der Waals surface area contributed by atoms with E-state index >= 15 is 0 Å². The molecule has 0 aromatic carbocycles. The van der Waals surface area contributed by atoms with Crippen LogP contribution in [0.4, 0.5) is 0 Å². The second-order valence-electron chi connectivity index (χ2n) is 5.85. The summed E-state index contributed by atoms with van der Waals surface area (Å²) in [6, 6.07) is 3.25. The maximum absolute atomic E-state index is 12.5. The minimum absolute atomic E-state index is 0.0288. The number of carbonyl (C=O) groups excluding carboxylic acids is 1. The Balaban J connectivity index is 2.10. The molecule has 1 aliphatic heterocycles. The Labute approximate surface area is 130 Å². The minimum Gasteiger partial charge on any atom is -0.481 e. The van der Waals surface area contributed by atoms with Crippen LogP contribution >= 0.6 is 0 Å². The fourth-order valence-corrected chi connectivity index (χ4v) is 2.53. The first-order chi connectivity index (χ1) is 10.4. The first-order valence-corrected chi connectivity index (χ1v) is 7.57. The van der Waals surface area contributed by atoms with Crippen LogP contribution in [0.15, 0.2) is 18.3 Å². The molecule has 0 aliphatic carbocycles. The van der Waals surface area contributed by atoms with Crippen LogP contribution < -0.4 is 4.74 Å². The molecule has 1 saturated heterocycles. The lowest BCUT2D eigenvalue weighted by atomic mass is 9.99. The fourth-order valence-electron chi connectivity index (χ4n) is 2.53. The van der Waals surface area contributed by atoms with Gasteiger partial charge in [0.15, 0.2) is 0 Å². The Morgan fingerprint density at radius 1 is 1.50 bits per heavy atom. The number of carboxylic acid groups (broad SMARTS) is 1. The van der Waals surface area contributed by atoms with Crippen LogP contribution in [0.25, 0.3) is 0 Å². The standard InChI is InChI=1S/C16H22N2O4/c1-4-11(3)22-14-7-12(5-6-17-14)15(19)18-8-10(2)13(9-18)16(20)21/h5-7,10-11,13H,4,8-9H2,1-3H3,(H,20,21)/t10-,11?,13-/m1/s1. The zero-order valence-corrected chi connectivity index (χ0v) is 13.2. The molecule has 6 heteroatoms. The maximum atomic E-state index is 12.5. The van der Waals surface area contributed by atoms with Gasteiger partial charge in [-0.25, -0.2) is 4.98 Å². The van der Waals surface area contributed by atoms with E-state index in [1.54, 1.807) is 23.2 Å². The van der Waals surface area contributed by atoms with E-state index in [1.165, 1.54) is 0 Å². The molecule has 0 saturated carbocycles. The summed E-state index contributed by atoms with van der Waals surface area (Å²) in [6.07, 6.45) is 2.42. The molecule has 1 N–H and O–H groups in total. The van der Waals surface area contributed by atoms with Crippen LogP contribution in [-0.4, -0.2) is 46.1 Å². The van der Waals surface area contributed by atoms with E-state index in [2.05, 4.69) is 4.98 Å². The smallest absolute Gasteiger partial charge is 0.308 e. The summed E-state index contributed by atoms with van der Waals surface area (Å²) in [5.41, 5.74) is 0.478. The van der Waals surface area contributed by atoms with E-state index in [-0.39, 0.29) is 24.5 Å². The van der Waals surface area contributed by atoms with E-state index in [4.69, 9.17) is 9.84 Å². The highest BCUT2D eigenvalue weighted by Gasteiger charge is 2.37. The van der Waals surface area contributed by atoms with Gasteiger partial charge in [-0.15, -0.1) is 0 Å². The van der Waals surface area contributed by atoms with Crippen LogP contribution in [0.2, 0.25) is 0 Å². The molecular weight excluding hydrogens is 284 g/mol. The zero-order chi connectivity index (χ0) is 16.3. The topological polar surface area (TPSA) is 79.7 Å². The van der Waals surface area contributed by atoms with Crippen molar-refractivity contribution in [1.29, 1.82) is 0 Å². The highest BCUT2D eigenvalue weighted by atomic mass is 16.5. The molecule has 1 unspecified atom stereocenters. The van der Waals surface area contributed by atoms with E-state index < -0.39 is 11.9 Å². The number of rotatable bonds is 5. The molecule has 0 radical (unpaired) electrons. The number of hydrogen-bond acceptors (Lipinski definition) is 4. The molecule has 2 rings (SSSR count). The summed E-state index contributed by atoms with van der Waals surface area (Å²) in [5, 5.41) is 9.16. The number of pyridine rings is 1. The van der Waals surface area contributed by atoms with Crippen LogP contribution in [-0.2, 0) is 4.79 Å². The highest BCUT2D eigenvalue weighted by molar-refractivity contribution is 5.95. The molecule has 1 aromatic heterocycles. The minimum atomic E-state index is -0.849. The van der Waals surface area contributed by atoms with Crippen molar-refractivity contribution in [2.24, 2.45) is 11.8 Å². The Morgan fingerprint density at radius 3 is 2.82 bits per heavy atom. The number of carboxylic acids is 1. The zero-order valence-electron chi connectivity index (χ0n) is 13.2.